The van der Waals surface area contributed by atoms with E-state index < -0.39 is 0 Å². The van der Waals surface area contributed by atoms with Crippen LogP contribution in [0.3, 0.4) is 0 Å². The fourth-order valence-electron chi connectivity index (χ4n) is 2.91. The van der Waals surface area contributed by atoms with Crippen LogP contribution >= 0.6 is 0 Å². The number of benzene rings is 1. The lowest BCUT2D eigenvalue weighted by Crippen LogP contribution is -2.36. The molecule has 2 heterocycles. The highest BCUT2D eigenvalue weighted by atomic mass is 16.5. The van der Waals surface area contributed by atoms with Crippen molar-refractivity contribution in [2.24, 2.45) is 0 Å². The van der Waals surface area contributed by atoms with E-state index in [9.17, 15) is 5.11 Å². The van der Waals surface area contributed by atoms with Gasteiger partial charge in [0.2, 0.25) is 0 Å². The van der Waals surface area contributed by atoms with Crippen LogP contribution in [0.2, 0.25) is 0 Å². The molecule has 0 aliphatic carbocycles. The van der Waals surface area contributed by atoms with Crippen LogP contribution in [0.15, 0.2) is 18.2 Å². The average Bonchev–Trinajstić information content (AvgIpc) is 2.86. The van der Waals surface area contributed by atoms with Gasteiger partial charge >= 0.3 is 0 Å². The van der Waals surface area contributed by atoms with Crippen LogP contribution in [0.4, 0.5) is 11.4 Å². The van der Waals surface area contributed by atoms with Crippen molar-refractivity contribution in [3.63, 3.8) is 0 Å². The van der Waals surface area contributed by atoms with E-state index in [-0.39, 0.29) is 6.10 Å². The van der Waals surface area contributed by atoms with Crippen molar-refractivity contribution in [1.29, 1.82) is 0 Å². The summed E-state index contributed by atoms with van der Waals surface area (Å²) in [6, 6.07) is 6.69. The van der Waals surface area contributed by atoms with Crippen LogP contribution < -0.4 is 9.80 Å². The summed E-state index contributed by atoms with van der Waals surface area (Å²) in [6.07, 6.45) is 0.702. The molecule has 1 atom stereocenters. The van der Waals surface area contributed by atoms with E-state index in [1.807, 2.05) is 0 Å². The maximum Gasteiger partial charge on any atom is 0.0731 e. The molecule has 0 saturated carbocycles. The molecule has 0 radical (unpaired) electrons. The Morgan fingerprint density at radius 3 is 2.37 bits per heavy atom. The van der Waals surface area contributed by atoms with Gasteiger partial charge in [-0.05, 0) is 37.1 Å². The van der Waals surface area contributed by atoms with E-state index >= 15 is 0 Å². The van der Waals surface area contributed by atoms with Gasteiger partial charge in [0.15, 0.2) is 0 Å². The predicted octanol–water partition coefficient (Wildman–Crippen LogP) is 1.40. The summed E-state index contributed by atoms with van der Waals surface area (Å²) in [5.41, 5.74) is 3.79. The summed E-state index contributed by atoms with van der Waals surface area (Å²) in [5.74, 6) is 0. The van der Waals surface area contributed by atoms with Gasteiger partial charge in [-0.1, -0.05) is 0 Å². The lowest BCUT2D eigenvalue weighted by molar-refractivity contribution is 0.122. The third kappa shape index (κ3) is 2.85. The molecule has 2 aliphatic rings. The van der Waals surface area contributed by atoms with E-state index in [2.05, 4.69) is 34.9 Å². The van der Waals surface area contributed by atoms with E-state index in [4.69, 9.17) is 4.74 Å². The predicted molar refractivity (Wildman–Crippen MR) is 77.0 cm³/mol. The van der Waals surface area contributed by atoms with Crippen LogP contribution in [0, 0.1) is 6.92 Å². The first-order chi connectivity index (χ1) is 9.22. The number of morpholine rings is 1. The van der Waals surface area contributed by atoms with Crippen molar-refractivity contribution >= 4 is 11.4 Å². The van der Waals surface area contributed by atoms with Gasteiger partial charge in [-0.2, -0.15) is 0 Å². The van der Waals surface area contributed by atoms with Crippen molar-refractivity contribution < 1.29 is 9.84 Å². The van der Waals surface area contributed by atoms with E-state index in [1.165, 1.54) is 16.9 Å². The maximum atomic E-state index is 9.68. The number of hydrogen-bond donors (Lipinski definition) is 1. The summed E-state index contributed by atoms with van der Waals surface area (Å²) >= 11 is 0. The minimum atomic E-state index is -0.174. The van der Waals surface area contributed by atoms with Gasteiger partial charge in [-0.15, -0.1) is 0 Å². The zero-order valence-corrected chi connectivity index (χ0v) is 11.5. The molecule has 4 heteroatoms. The Bertz CT molecular complexity index is 421. The number of β-amino-alcohol motifs (C(OH)–C–C–N with tert-alkyl or cyclic N) is 1. The lowest BCUT2D eigenvalue weighted by Gasteiger charge is -2.30. The van der Waals surface area contributed by atoms with E-state index in [0.29, 0.717) is 0 Å². The highest BCUT2D eigenvalue weighted by molar-refractivity contribution is 5.62. The fourth-order valence-corrected chi connectivity index (χ4v) is 2.91. The molecule has 1 aromatic carbocycles. The Balaban J connectivity index is 1.83. The normalized spacial score (nSPS) is 24.0. The van der Waals surface area contributed by atoms with Gasteiger partial charge in [0.05, 0.1) is 19.3 Å². The molecular weight excluding hydrogens is 240 g/mol. The second-order valence-electron chi connectivity index (χ2n) is 5.51. The first kappa shape index (κ1) is 12.8. The Kier molecular flexibility index (Phi) is 3.62. The van der Waals surface area contributed by atoms with Gasteiger partial charge < -0.3 is 19.6 Å². The number of anilines is 2. The van der Waals surface area contributed by atoms with Crippen LogP contribution in [-0.2, 0) is 4.74 Å². The molecule has 104 valence electrons. The van der Waals surface area contributed by atoms with Gasteiger partial charge in [0.25, 0.3) is 0 Å². The molecule has 1 aromatic rings. The number of nitrogens with zero attached hydrogens (tertiary/aromatic N) is 2. The minimum Gasteiger partial charge on any atom is -0.391 e. The van der Waals surface area contributed by atoms with Gasteiger partial charge in [-0.3, -0.25) is 0 Å². The number of rotatable bonds is 2. The van der Waals surface area contributed by atoms with Crippen molar-refractivity contribution in [1.82, 2.24) is 0 Å². The maximum absolute atomic E-state index is 9.68. The molecule has 19 heavy (non-hydrogen) atoms. The largest absolute Gasteiger partial charge is 0.391 e. The lowest BCUT2D eigenvalue weighted by atomic mass is 10.1. The van der Waals surface area contributed by atoms with Crippen molar-refractivity contribution in [3.8, 4) is 0 Å². The average molecular weight is 262 g/mol. The molecule has 2 aliphatic heterocycles. The summed E-state index contributed by atoms with van der Waals surface area (Å²) < 4.78 is 5.41. The van der Waals surface area contributed by atoms with E-state index in [0.717, 1.165) is 45.8 Å². The number of aliphatic hydroxyl groups is 1. The number of hydrogen-bond acceptors (Lipinski definition) is 4. The zero-order chi connectivity index (χ0) is 13.2. The van der Waals surface area contributed by atoms with Crippen LogP contribution in [-0.4, -0.2) is 50.6 Å². The monoisotopic (exact) mass is 262 g/mol. The summed E-state index contributed by atoms with van der Waals surface area (Å²) in [4.78, 5) is 4.66. The second-order valence-corrected chi connectivity index (χ2v) is 5.51. The van der Waals surface area contributed by atoms with Crippen molar-refractivity contribution in [2.45, 2.75) is 19.4 Å². The van der Waals surface area contributed by atoms with E-state index in [1.54, 1.807) is 0 Å². The molecule has 0 amide bonds. The molecule has 1 N–H and O–H groups in total. The Hall–Kier alpha value is -1.26. The molecule has 2 fully saturated rings. The number of aryl methyl sites for hydroxylation is 1. The standard InChI is InChI=1S/C15H22N2O2/c1-12-8-13(16-4-6-19-7-5-16)10-14(9-12)17-3-2-15(18)11-17/h8-10,15,18H,2-7,11H2,1H3/t15-/m1/s1. The Labute approximate surface area is 114 Å². The molecule has 0 aromatic heterocycles. The Morgan fingerprint density at radius 1 is 1.05 bits per heavy atom. The molecule has 0 spiro atoms. The SMILES string of the molecule is Cc1cc(N2CCOCC2)cc(N2CC[C@@H](O)C2)c1. The fraction of sp³-hybridized carbons (Fsp3) is 0.600. The van der Waals surface area contributed by atoms with Crippen molar-refractivity contribution in [3.05, 3.63) is 23.8 Å². The first-order valence-corrected chi connectivity index (χ1v) is 7.10. The second kappa shape index (κ2) is 5.39. The van der Waals surface area contributed by atoms with Crippen molar-refractivity contribution in [2.75, 3.05) is 49.2 Å². The topological polar surface area (TPSA) is 35.9 Å². The van der Waals surface area contributed by atoms with Crippen LogP contribution in [0.1, 0.15) is 12.0 Å². The van der Waals surface area contributed by atoms with Crippen LogP contribution in [0.5, 0.6) is 0 Å². The van der Waals surface area contributed by atoms with Gasteiger partial charge in [-0.25, -0.2) is 0 Å². The molecular formula is C15H22N2O2. The molecule has 2 saturated heterocycles. The summed E-state index contributed by atoms with van der Waals surface area (Å²) in [5, 5.41) is 9.68. The molecule has 3 rings (SSSR count). The van der Waals surface area contributed by atoms with Gasteiger partial charge in [0, 0.05) is 37.6 Å². The highest BCUT2D eigenvalue weighted by Gasteiger charge is 2.21. The molecule has 4 nitrogen and oxygen atoms in total. The van der Waals surface area contributed by atoms with Crippen LogP contribution in [0.25, 0.3) is 0 Å². The molecule has 0 unspecified atom stereocenters. The third-order valence-electron chi connectivity index (χ3n) is 3.95. The van der Waals surface area contributed by atoms with Gasteiger partial charge in [0.1, 0.15) is 0 Å². The summed E-state index contributed by atoms with van der Waals surface area (Å²) in [7, 11) is 0. The molecule has 0 bridgehead atoms. The third-order valence-corrected chi connectivity index (χ3v) is 3.95. The highest BCUT2D eigenvalue weighted by Crippen LogP contribution is 2.28. The first-order valence-electron chi connectivity index (χ1n) is 7.10. The number of ether oxygens (including phenoxy) is 1. The zero-order valence-electron chi connectivity index (χ0n) is 11.5. The number of aliphatic hydroxyl groups excluding tert-OH is 1. The summed E-state index contributed by atoms with van der Waals surface area (Å²) in [6.45, 7) is 7.40. The Morgan fingerprint density at radius 2 is 1.74 bits per heavy atom. The smallest absolute Gasteiger partial charge is 0.0731 e. The quantitative estimate of drug-likeness (QED) is 0.874. The minimum absolute atomic E-state index is 0.174.